The Balaban J connectivity index is 1.90. The van der Waals surface area contributed by atoms with E-state index in [0.717, 1.165) is 16.2 Å². The summed E-state index contributed by atoms with van der Waals surface area (Å²) in [4.78, 5) is 29.0. The maximum absolute atomic E-state index is 13.4. The van der Waals surface area contributed by atoms with E-state index in [4.69, 9.17) is 9.47 Å². The fraction of sp³-hybridized carbons (Fsp3) is 0.310. The lowest BCUT2D eigenvalue weighted by Crippen LogP contribution is -2.29. The summed E-state index contributed by atoms with van der Waals surface area (Å²) in [6.45, 7) is 11.0. The highest BCUT2D eigenvalue weighted by Gasteiger charge is 2.47. The topological polar surface area (TPSA) is 76.1 Å². The van der Waals surface area contributed by atoms with Gasteiger partial charge in [0.1, 0.15) is 23.3 Å². The van der Waals surface area contributed by atoms with E-state index < -0.39 is 17.7 Å². The average molecular weight is 506 g/mol. The minimum absolute atomic E-state index is 0.0632. The zero-order valence-corrected chi connectivity index (χ0v) is 22.0. The van der Waals surface area contributed by atoms with Crippen LogP contribution in [0.5, 0.6) is 11.5 Å². The van der Waals surface area contributed by atoms with Gasteiger partial charge < -0.3 is 14.6 Å². The zero-order valence-electron chi connectivity index (χ0n) is 21.2. The van der Waals surface area contributed by atoms with Gasteiger partial charge in [0.25, 0.3) is 11.7 Å². The van der Waals surface area contributed by atoms with Crippen molar-refractivity contribution in [2.45, 2.75) is 46.1 Å². The molecule has 0 aliphatic carbocycles. The van der Waals surface area contributed by atoms with Crippen LogP contribution in [0.2, 0.25) is 0 Å². The first-order chi connectivity index (χ1) is 17.2. The van der Waals surface area contributed by atoms with E-state index in [0.29, 0.717) is 30.2 Å². The highest BCUT2D eigenvalue weighted by Crippen LogP contribution is 2.44. The van der Waals surface area contributed by atoms with Crippen molar-refractivity contribution < 1.29 is 24.2 Å². The quantitative estimate of drug-likeness (QED) is 0.226. The Morgan fingerprint density at radius 3 is 2.39 bits per heavy atom. The van der Waals surface area contributed by atoms with Crippen LogP contribution in [0.15, 0.2) is 65.6 Å². The molecule has 0 spiro atoms. The molecule has 2 heterocycles. The van der Waals surface area contributed by atoms with Crippen LogP contribution in [0.4, 0.5) is 5.69 Å². The summed E-state index contributed by atoms with van der Waals surface area (Å²) < 4.78 is 11.4. The number of aliphatic hydroxyl groups excluding tert-OH is 1. The number of benzene rings is 2. The summed E-state index contributed by atoms with van der Waals surface area (Å²) in [5.41, 5.74) is 1.70. The standard InChI is InChI=1S/C29H31NO5S/c1-6-34-20-11-8-10-19(17-20)30-25(23-12-9-15-36-23)24(27(32)28(30)33)26(31)18-13-14-22(35-7-2)21(16-18)29(3,4)5/h8-17,25,31H,6-7H2,1-5H3/b26-24-. The van der Waals surface area contributed by atoms with Crippen molar-refractivity contribution in [3.63, 3.8) is 0 Å². The molecular formula is C29H31NO5S. The summed E-state index contributed by atoms with van der Waals surface area (Å²) in [7, 11) is 0. The van der Waals surface area contributed by atoms with Gasteiger partial charge in [0.15, 0.2) is 0 Å². The predicted molar refractivity (Wildman–Crippen MR) is 143 cm³/mol. The molecular weight excluding hydrogens is 474 g/mol. The summed E-state index contributed by atoms with van der Waals surface area (Å²) in [6.07, 6.45) is 0. The third-order valence-electron chi connectivity index (χ3n) is 6.02. The van der Waals surface area contributed by atoms with Crippen LogP contribution in [0.1, 0.15) is 56.7 Å². The SMILES string of the molecule is CCOc1cccc(N2C(=O)C(=O)/C(=C(\O)c3ccc(OCC)c(C(C)(C)C)c3)C2c2cccs2)c1. The maximum atomic E-state index is 13.4. The molecule has 1 amide bonds. The van der Waals surface area contributed by atoms with Gasteiger partial charge in [-0.3, -0.25) is 14.5 Å². The van der Waals surface area contributed by atoms with Crippen LogP contribution in [0.3, 0.4) is 0 Å². The third-order valence-corrected chi connectivity index (χ3v) is 6.95. The molecule has 2 aromatic carbocycles. The number of hydrogen-bond donors (Lipinski definition) is 1. The van der Waals surface area contributed by atoms with Crippen molar-refractivity contribution in [1.29, 1.82) is 0 Å². The van der Waals surface area contributed by atoms with Crippen LogP contribution in [0, 0.1) is 0 Å². The number of carbonyl (C=O) groups excluding carboxylic acids is 2. The molecule has 7 heteroatoms. The molecule has 1 N–H and O–H groups in total. The lowest BCUT2D eigenvalue weighted by Gasteiger charge is -2.25. The second kappa shape index (κ2) is 10.2. The van der Waals surface area contributed by atoms with Gasteiger partial charge >= 0.3 is 0 Å². The Labute approximate surface area is 215 Å². The first kappa shape index (κ1) is 25.5. The number of nitrogens with zero attached hydrogens (tertiary/aromatic N) is 1. The monoisotopic (exact) mass is 505 g/mol. The second-order valence-electron chi connectivity index (χ2n) is 9.51. The van der Waals surface area contributed by atoms with Crippen molar-refractivity contribution in [3.8, 4) is 11.5 Å². The van der Waals surface area contributed by atoms with Gasteiger partial charge in [-0.2, -0.15) is 0 Å². The van der Waals surface area contributed by atoms with Crippen LogP contribution in [-0.4, -0.2) is 30.0 Å². The van der Waals surface area contributed by atoms with Crippen LogP contribution >= 0.6 is 11.3 Å². The Morgan fingerprint density at radius 2 is 1.75 bits per heavy atom. The lowest BCUT2D eigenvalue weighted by molar-refractivity contribution is -0.132. The van der Waals surface area contributed by atoms with Gasteiger partial charge in [0.05, 0.1) is 18.8 Å². The van der Waals surface area contributed by atoms with E-state index >= 15 is 0 Å². The minimum atomic E-state index is -0.758. The van der Waals surface area contributed by atoms with Gasteiger partial charge in [-0.25, -0.2) is 0 Å². The van der Waals surface area contributed by atoms with Gasteiger partial charge in [0, 0.05) is 27.8 Å². The molecule has 0 radical (unpaired) electrons. The average Bonchev–Trinajstić information content (AvgIpc) is 3.46. The molecule has 3 aromatic rings. The zero-order chi connectivity index (χ0) is 26.0. The molecule has 1 aromatic heterocycles. The molecule has 1 aliphatic heterocycles. The first-order valence-corrected chi connectivity index (χ1v) is 12.9. The summed E-state index contributed by atoms with van der Waals surface area (Å²) in [5, 5.41) is 13.4. The van der Waals surface area contributed by atoms with Crippen molar-refractivity contribution in [3.05, 3.63) is 81.6 Å². The number of rotatable bonds is 7. The minimum Gasteiger partial charge on any atom is -0.507 e. The van der Waals surface area contributed by atoms with Gasteiger partial charge in [0.2, 0.25) is 0 Å². The Hall–Kier alpha value is -3.58. The molecule has 36 heavy (non-hydrogen) atoms. The number of aliphatic hydroxyl groups is 1. The van der Waals surface area contributed by atoms with Gasteiger partial charge in [-0.1, -0.05) is 32.9 Å². The Kier molecular flexibility index (Phi) is 7.22. The molecule has 188 valence electrons. The largest absolute Gasteiger partial charge is 0.507 e. The van der Waals surface area contributed by atoms with E-state index in [1.165, 1.54) is 16.2 Å². The van der Waals surface area contributed by atoms with E-state index in [1.54, 1.807) is 36.4 Å². The number of hydrogen-bond acceptors (Lipinski definition) is 6. The van der Waals surface area contributed by atoms with Gasteiger partial charge in [-0.05, 0) is 61.0 Å². The van der Waals surface area contributed by atoms with Crippen LogP contribution in [0.25, 0.3) is 5.76 Å². The number of thiophene rings is 1. The number of amides is 1. The highest BCUT2D eigenvalue weighted by atomic mass is 32.1. The number of carbonyl (C=O) groups is 2. The number of ether oxygens (including phenoxy) is 2. The highest BCUT2D eigenvalue weighted by molar-refractivity contribution is 7.10. The normalized spacial score (nSPS) is 17.5. The van der Waals surface area contributed by atoms with Crippen molar-refractivity contribution in [2.24, 2.45) is 0 Å². The van der Waals surface area contributed by atoms with Crippen molar-refractivity contribution >= 4 is 34.5 Å². The summed E-state index contributed by atoms with van der Waals surface area (Å²) >= 11 is 1.43. The number of ketones is 1. The van der Waals surface area contributed by atoms with Crippen molar-refractivity contribution in [1.82, 2.24) is 0 Å². The molecule has 1 unspecified atom stereocenters. The Morgan fingerprint density at radius 1 is 1.00 bits per heavy atom. The van der Waals surface area contributed by atoms with Crippen LogP contribution < -0.4 is 14.4 Å². The molecule has 1 atom stereocenters. The number of Topliss-reactive ketones (excluding diaryl/α,β-unsaturated/α-hetero) is 1. The first-order valence-electron chi connectivity index (χ1n) is 12.0. The molecule has 4 rings (SSSR count). The molecule has 1 saturated heterocycles. The van der Waals surface area contributed by atoms with E-state index in [-0.39, 0.29) is 16.7 Å². The van der Waals surface area contributed by atoms with Crippen LogP contribution in [-0.2, 0) is 15.0 Å². The van der Waals surface area contributed by atoms with E-state index in [1.807, 2.05) is 37.4 Å². The maximum Gasteiger partial charge on any atom is 0.300 e. The molecule has 0 bridgehead atoms. The fourth-order valence-electron chi connectivity index (χ4n) is 4.40. The van der Waals surface area contributed by atoms with Crippen molar-refractivity contribution in [2.75, 3.05) is 18.1 Å². The Bertz CT molecular complexity index is 1300. The summed E-state index contributed by atoms with van der Waals surface area (Å²) in [5.74, 6) is -0.291. The lowest BCUT2D eigenvalue weighted by atomic mass is 9.84. The molecule has 6 nitrogen and oxygen atoms in total. The second-order valence-corrected chi connectivity index (χ2v) is 10.5. The van der Waals surface area contributed by atoms with Gasteiger partial charge in [-0.15, -0.1) is 11.3 Å². The van der Waals surface area contributed by atoms with E-state index in [9.17, 15) is 14.7 Å². The molecule has 0 saturated carbocycles. The predicted octanol–water partition coefficient (Wildman–Crippen LogP) is 6.47. The number of anilines is 1. The molecule has 1 aliphatic rings. The third kappa shape index (κ3) is 4.75. The van der Waals surface area contributed by atoms with E-state index in [2.05, 4.69) is 20.8 Å². The molecule has 1 fully saturated rings. The summed E-state index contributed by atoms with van der Waals surface area (Å²) in [6, 6.07) is 15.4. The fourth-order valence-corrected chi connectivity index (χ4v) is 5.23. The smallest absolute Gasteiger partial charge is 0.300 e.